The Balaban J connectivity index is 1.49. The fourth-order valence-corrected chi connectivity index (χ4v) is 5.22. The lowest BCUT2D eigenvalue weighted by Crippen LogP contribution is -2.51. The molecule has 162 valence electrons. The largest absolute Gasteiger partial charge is 0.352 e. The van der Waals surface area contributed by atoms with Gasteiger partial charge in [-0.05, 0) is 44.1 Å². The van der Waals surface area contributed by atoms with Crippen LogP contribution in [-0.2, 0) is 14.4 Å². The molecule has 1 saturated heterocycles. The first-order valence-electron chi connectivity index (χ1n) is 11.6. The number of rotatable bonds is 6. The van der Waals surface area contributed by atoms with E-state index in [0.717, 1.165) is 63.4 Å². The van der Waals surface area contributed by atoms with Gasteiger partial charge in [-0.15, -0.1) is 0 Å². The van der Waals surface area contributed by atoms with Crippen LogP contribution in [0.5, 0.6) is 0 Å². The van der Waals surface area contributed by atoms with E-state index in [9.17, 15) is 14.4 Å². The maximum atomic E-state index is 13.6. The van der Waals surface area contributed by atoms with Gasteiger partial charge in [0, 0.05) is 18.5 Å². The molecule has 1 aliphatic heterocycles. The van der Waals surface area contributed by atoms with Crippen LogP contribution in [0, 0.1) is 5.92 Å². The molecule has 1 aromatic rings. The number of benzene rings is 1. The Morgan fingerprint density at radius 1 is 0.833 bits per heavy atom. The number of nitrogens with zero attached hydrogens (tertiary/aromatic N) is 1. The average Bonchev–Trinajstić information content (AvgIpc) is 3.54. The highest BCUT2D eigenvalue weighted by Crippen LogP contribution is 2.28. The molecule has 2 N–H and O–H groups in total. The zero-order valence-corrected chi connectivity index (χ0v) is 17.6. The SMILES string of the molecule is O=C(N[C@H](C(=O)N1CCC[C@H]1C(=O)NC1CCCC1)c1ccccc1)C1CCCC1. The van der Waals surface area contributed by atoms with Gasteiger partial charge in [-0.3, -0.25) is 14.4 Å². The van der Waals surface area contributed by atoms with Gasteiger partial charge in [0.05, 0.1) is 0 Å². The van der Waals surface area contributed by atoms with Crippen LogP contribution in [0.3, 0.4) is 0 Å². The molecule has 1 heterocycles. The average molecular weight is 412 g/mol. The number of likely N-dealkylation sites (tertiary alicyclic amines) is 1. The summed E-state index contributed by atoms with van der Waals surface area (Å²) in [5.41, 5.74) is 0.774. The normalized spacial score (nSPS) is 23.5. The van der Waals surface area contributed by atoms with Gasteiger partial charge in [-0.2, -0.15) is 0 Å². The second-order valence-corrected chi connectivity index (χ2v) is 9.01. The number of amides is 3. The summed E-state index contributed by atoms with van der Waals surface area (Å²) in [7, 11) is 0. The van der Waals surface area contributed by atoms with E-state index < -0.39 is 12.1 Å². The van der Waals surface area contributed by atoms with Crippen molar-refractivity contribution in [2.45, 2.75) is 82.3 Å². The summed E-state index contributed by atoms with van der Waals surface area (Å²) in [4.78, 5) is 41.0. The Labute approximate surface area is 178 Å². The van der Waals surface area contributed by atoms with Crippen LogP contribution in [0.4, 0.5) is 0 Å². The third-order valence-corrected chi connectivity index (χ3v) is 6.93. The molecule has 0 radical (unpaired) electrons. The van der Waals surface area contributed by atoms with E-state index in [1.165, 1.54) is 0 Å². The molecule has 2 saturated carbocycles. The standard InChI is InChI=1S/C24H33N3O3/c28-22(18-11-4-5-12-18)26-21(17-9-2-1-3-10-17)24(30)27-16-8-15-20(27)23(29)25-19-13-6-7-14-19/h1-3,9-10,18-21H,4-8,11-16H2,(H,25,29)(H,26,28)/t20-,21-/m0/s1. The van der Waals surface area contributed by atoms with Crippen molar-refractivity contribution in [3.8, 4) is 0 Å². The van der Waals surface area contributed by atoms with Crippen LogP contribution in [0.1, 0.15) is 75.8 Å². The van der Waals surface area contributed by atoms with E-state index in [2.05, 4.69) is 10.6 Å². The summed E-state index contributed by atoms with van der Waals surface area (Å²) < 4.78 is 0. The van der Waals surface area contributed by atoms with E-state index in [4.69, 9.17) is 0 Å². The number of hydrogen-bond donors (Lipinski definition) is 2. The van der Waals surface area contributed by atoms with Crippen LogP contribution < -0.4 is 10.6 Å². The van der Waals surface area contributed by atoms with Crippen LogP contribution in [-0.4, -0.2) is 41.2 Å². The molecule has 0 unspecified atom stereocenters. The van der Waals surface area contributed by atoms with Crippen LogP contribution in [0.2, 0.25) is 0 Å². The second-order valence-electron chi connectivity index (χ2n) is 9.01. The fraction of sp³-hybridized carbons (Fsp3) is 0.625. The first kappa shape index (κ1) is 20.9. The van der Waals surface area contributed by atoms with Gasteiger partial charge in [0.15, 0.2) is 0 Å². The minimum absolute atomic E-state index is 0.0101. The zero-order valence-electron chi connectivity index (χ0n) is 17.6. The first-order chi connectivity index (χ1) is 14.6. The molecule has 0 spiro atoms. The highest BCUT2D eigenvalue weighted by atomic mass is 16.2. The van der Waals surface area contributed by atoms with Crippen molar-refractivity contribution in [3.05, 3.63) is 35.9 Å². The number of hydrogen-bond acceptors (Lipinski definition) is 3. The maximum Gasteiger partial charge on any atom is 0.250 e. The number of carbonyl (C=O) groups excluding carboxylic acids is 3. The Morgan fingerprint density at radius 3 is 2.20 bits per heavy atom. The molecule has 0 aromatic heterocycles. The summed E-state index contributed by atoms with van der Waals surface area (Å²) in [5.74, 6) is -0.261. The van der Waals surface area contributed by atoms with Crippen molar-refractivity contribution < 1.29 is 14.4 Å². The molecule has 4 rings (SSSR count). The van der Waals surface area contributed by atoms with E-state index in [1.54, 1.807) is 4.90 Å². The first-order valence-corrected chi connectivity index (χ1v) is 11.6. The van der Waals surface area contributed by atoms with Crippen molar-refractivity contribution >= 4 is 17.7 Å². The third kappa shape index (κ3) is 4.68. The molecule has 30 heavy (non-hydrogen) atoms. The molecule has 0 bridgehead atoms. The second kappa shape index (κ2) is 9.63. The summed E-state index contributed by atoms with van der Waals surface area (Å²) >= 11 is 0. The Kier molecular flexibility index (Phi) is 6.70. The number of nitrogens with one attached hydrogen (secondary N) is 2. The predicted molar refractivity (Wildman–Crippen MR) is 114 cm³/mol. The van der Waals surface area contributed by atoms with Crippen LogP contribution in [0.15, 0.2) is 30.3 Å². The minimum atomic E-state index is -0.737. The molecular formula is C24H33N3O3. The quantitative estimate of drug-likeness (QED) is 0.755. The Morgan fingerprint density at radius 2 is 1.50 bits per heavy atom. The predicted octanol–water partition coefficient (Wildman–Crippen LogP) is 3.08. The molecular weight excluding hydrogens is 378 g/mol. The van der Waals surface area contributed by atoms with E-state index in [-0.39, 0.29) is 29.7 Å². The molecule has 3 aliphatic rings. The Bertz CT molecular complexity index is 754. The highest BCUT2D eigenvalue weighted by Gasteiger charge is 2.39. The van der Waals surface area contributed by atoms with Gasteiger partial charge in [0.1, 0.15) is 12.1 Å². The van der Waals surface area contributed by atoms with E-state index in [0.29, 0.717) is 13.0 Å². The molecule has 3 fully saturated rings. The topological polar surface area (TPSA) is 78.5 Å². The van der Waals surface area contributed by atoms with Crippen molar-refractivity contribution in [3.63, 3.8) is 0 Å². The lowest BCUT2D eigenvalue weighted by molar-refractivity contribution is -0.142. The molecule has 2 aliphatic carbocycles. The van der Waals surface area contributed by atoms with Gasteiger partial charge in [-0.25, -0.2) is 0 Å². The zero-order chi connectivity index (χ0) is 20.9. The van der Waals surface area contributed by atoms with Crippen LogP contribution >= 0.6 is 0 Å². The van der Waals surface area contributed by atoms with Gasteiger partial charge >= 0.3 is 0 Å². The molecule has 2 atom stereocenters. The summed E-state index contributed by atoms with van der Waals surface area (Å²) in [6.45, 7) is 0.560. The van der Waals surface area contributed by atoms with Crippen LogP contribution in [0.25, 0.3) is 0 Å². The Hall–Kier alpha value is -2.37. The molecule has 6 nitrogen and oxygen atoms in total. The van der Waals surface area contributed by atoms with Gasteiger partial charge < -0.3 is 15.5 Å². The van der Waals surface area contributed by atoms with Crippen molar-refractivity contribution in [1.29, 1.82) is 0 Å². The van der Waals surface area contributed by atoms with Crippen molar-refractivity contribution in [2.75, 3.05) is 6.54 Å². The molecule has 1 aromatic carbocycles. The summed E-state index contributed by atoms with van der Waals surface area (Å²) in [5, 5.41) is 6.17. The monoisotopic (exact) mass is 411 g/mol. The summed E-state index contributed by atoms with van der Waals surface area (Å²) in [6, 6.07) is 8.48. The number of carbonyl (C=O) groups is 3. The van der Waals surface area contributed by atoms with Gasteiger partial charge in [0.2, 0.25) is 17.7 Å². The minimum Gasteiger partial charge on any atom is -0.352 e. The van der Waals surface area contributed by atoms with Gasteiger partial charge in [0.25, 0.3) is 0 Å². The molecule has 6 heteroatoms. The lowest BCUT2D eigenvalue weighted by Gasteiger charge is -2.30. The smallest absolute Gasteiger partial charge is 0.250 e. The maximum absolute atomic E-state index is 13.6. The highest BCUT2D eigenvalue weighted by molar-refractivity contribution is 5.93. The third-order valence-electron chi connectivity index (χ3n) is 6.93. The van der Waals surface area contributed by atoms with Crippen molar-refractivity contribution in [2.24, 2.45) is 5.92 Å². The fourth-order valence-electron chi connectivity index (χ4n) is 5.22. The molecule has 3 amide bonds. The van der Waals surface area contributed by atoms with Gasteiger partial charge in [-0.1, -0.05) is 56.0 Å². The van der Waals surface area contributed by atoms with E-state index in [1.807, 2.05) is 30.3 Å². The summed E-state index contributed by atoms with van der Waals surface area (Å²) in [6.07, 6.45) is 9.76. The van der Waals surface area contributed by atoms with Crippen molar-refractivity contribution in [1.82, 2.24) is 15.5 Å². The van der Waals surface area contributed by atoms with E-state index >= 15 is 0 Å². The lowest BCUT2D eigenvalue weighted by atomic mass is 10.0.